The minimum absolute atomic E-state index is 0.110. The highest BCUT2D eigenvalue weighted by Gasteiger charge is 2.29. The maximum atomic E-state index is 12.7. The number of aliphatic hydroxyl groups is 1. The number of hydrogen-bond acceptors (Lipinski definition) is 4. The molecule has 0 saturated heterocycles. The number of hydrogen-bond donors (Lipinski definition) is 3. The first-order valence-electron chi connectivity index (χ1n) is 9.08. The summed E-state index contributed by atoms with van der Waals surface area (Å²) >= 11 is 0. The molecule has 0 bridgehead atoms. The van der Waals surface area contributed by atoms with Crippen LogP contribution in [0, 0.1) is 19.3 Å². The van der Waals surface area contributed by atoms with Crippen LogP contribution < -0.4 is 10.0 Å². The van der Waals surface area contributed by atoms with E-state index < -0.39 is 21.5 Å². The number of amides is 1. The van der Waals surface area contributed by atoms with Crippen molar-refractivity contribution in [2.75, 3.05) is 11.9 Å². The van der Waals surface area contributed by atoms with Crippen LogP contribution in [0.2, 0.25) is 0 Å². The number of aryl methyl sites for hydroxylation is 2. The highest BCUT2D eigenvalue weighted by molar-refractivity contribution is 7.89. The summed E-state index contributed by atoms with van der Waals surface area (Å²) < 4.78 is 27.9. The van der Waals surface area contributed by atoms with Crippen LogP contribution in [0.15, 0.2) is 47.4 Å². The number of benzene rings is 2. The van der Waals surface area contributed by atoms with Gasteiger partial charge < -0.3 is 10.4 Å². The molecule has 2 aromatic carbocycles. The van der Waals surface area contributed by atoms with Gasteiger partial charge in [0, 0.05) is 29.3 Å². The molecule has 0 saturated carbocycles. The molecule has 152 valence electrons. The highest BCUT2D eigenvalue weighted by Crippen LogP contribution is 2.24. The fourth-order valence-electron chi connectivity index (χ4n) is 2.52. The zero-order valence-electron chi connectivity index (χ0n) is 16.9. The first kappa shape index (κ1) is 22.1. The average molecular weight is 405 g/mol. The quantitative estimate of drug-likeness (QED) is 0.660. The van der Waals surface area contributed by atoms with E-state index in [2.05, 4.69) is 10.0 Å². The lowest BCUT2D eigenvalue weighted by Gasteiger charge is -2.30. The molecular weight excluding hydrogens is 376 g/mol. The third-order valence-electron chi connectivity index (χ3n) is 4.95. The monoisotopic (exact) mass is 404 g/mol. The van der Waals surface area contributed by atoms with Crippen molar-refractivity contribution in [3.63, 3.8) is 0 Å². The zero-order valence-corrected chi connectivity index (χ0v) is 17.7. The predicted molar refractivity (Wildman–Crippen MR) is 111 cm³/mol. The molecule has 28 heavy (non-hydrogen) atoms. The van der Waals surface area contributed by atoms with Crippen LogP contribution in [-0.2, 0) is 10.0 Å². The third-order valence-corrected chi connectivity index (χ3v) is 6.49. The standard InChI is InChI=1S/C21H28N2O4S/c1-14-7-6-8-17(11-14)20(25)22-19-10-9-18(12-15(19)2)28(26,27)23-16(3)21(4,5)13-24/h6-12,16,23-24H,13H2,1-5H3,(H,22,25). The van der Waals surface area contributed by atoms with E-state index in [-0.39, 0.29) is 17.4 Å². The lowest BCUT2D eigenvalue weighted by molar-refractivity contribution is 0.102. The summed E-state index contributed by atoms with van der Waals surface area (Å²) in [6, 6.07) is 11.3. The van der Waals surface area contributed by atoms with Crippen molar-refractivity contribution in [1.29, 1.82) is 0 Å². The molecule has 0 aliphatic rings. The fraction of sp³-hybridized carbons (Fsp3) is 0.381. The minimum atomic E-state index is -3.75. The number of aliphatic hydroxyl groups excluding tert-OH is 1. The Morgan fingerprint density at radius 2 is 1.82 bits per heavy atom. The van der Waals surface area contributed by atoms with Gasteiger partial charge in [-0.25, -0.2) is 13.1 Å². The summed E-state index contributed by atoms with van der Waals surface area (Å²) in [5, 5.41) is 12.3. The Morgan fingerprint density at radius 1 is 1.14 bits per heavy atom. The van der Waals surface area contributed by atoms with E-state index in [0.717, 1.165) is 5.56 Å². The Balaban J connectivity index is 2.20. The largest absolute Gasteiger partial charge is 0.396 e. The maximum absolute atomic E-state index is 12.7. The molecule has 2 rings (SSSR count). The molecule has 1 unspecified atom stereocenters. The van der Waals surface area contributed by atoms with Gasteiger partial charge in [0.15, 0.2) is 0 Å². The van der Waals surface area contributed by atoms with E-state index in [9.17, 15) is 18.3 Å². The molecule has 0 aromatic heterocycles. The Morgan fingerprint density at radius 3 is 2.39 bits per heavy atom. The Labute approximate surface area is 167 Å². The van der Waals surface area contributed by atoms with Crippen molar-refractivity contribution in [3.8, 4) is 0 Å². The van der Waals surface area contributed by atoms with E-state index in [1.165, 1.54) is 12.1 Å². The van der Waals surface area contributed by atoms with Gasteiger partial charge in [0.25, 0.3) is 5.91 Å². The van der Waals surface area contributed by atoms with Crippen molar-refractivity contribution in [2.24, 2.45) is 5.41 Å². The van der Waals surface area contributed by atoms with Gasteiger partial charge >= 0.3 is 0 Å². The van der Waals surface area contributed by atoms with Crippen LogP contribution in [0.25, 0.3) is 0 Å². The van der Waals surface area contributed by atoms with Gasteiger partial charge in [-0.3, -0.25) is 4.79 Å². The summed E-state index contributed by atoms with van der Waals surface area (Å²) in [5.41, 5.74) is 2.12. The second kappa shape index (κ2) is 8.43. The molecule has 0 spiro atoms. The molecule has 2 aromatic rings. The van der Waals surface area contributed by atoms with E-state index in [1.807, 2.05) is 19.1 Å². The van der Waals surface area contributed by atoms with Crippen LogP contribution in [0.3, 0.4) is 0 Å². The van der Waals surface area contributed by atoms with E-state index in [4.69, 9.17) is 0 Å². The first-order chi connectivity index (χ1) is 13.0. The van der Waals surface area contributed by atoms with Crippen LogP contribution in [0.1, 0.15) is 42.3 Å². The van der Waals surface area contributed by atoms with Gasteiger partial charge in [-0.05, 0) is 56.7 Å². The van der Waals surface area contributed by atoms with Crippen molar-refractivity contribution in [3.05, 3.63) is 59.2 Å². The first-order valence-corrected chi connectivity index (χ1v) is 10.6. The molecule has 7 heteroatoms. The number of nitrogens with one attached hydrogen (secondary N) is 2. The van der Waals surface area contributed by atoms with Crippen LogP contribution in [0.4, 0.5) is 5.69 Å². The van der Waals surface area contributed by atoms with Gasteiger partial charge in [0.05, 0.1) is 4.90 Å². The van der Waals surface area contributed by atoms with Crippen molar-refractivity contribution >= 4 is 21.6 Å². The topological polar surface area (TPSA) is 95.5 Å². The number of sulfonamides is 1. The smallest absolute Gasteiger partial charge is 0.255 e. The highest BCUT2D eigenvalue weighted by atomic mass is 32.2. The van der Waals surface area contributed by atoms with Crippen molar-refractivity contribution in [2.45, 2.75) is 45.6 Å². The summed E-state index contributed by atoms with van der Waals surface area (Å²) in [5.74, 6) is -0.251. The van der Waals surface area contributed by atoms with Gasteiger partial charge in [-0.1, -0.05) is 31.5 Å². The van der Waals surface area contributed by atoms with Gasteiger partial charge in [-0.15, -0.1) is 0 Å². The SMILES string of the molecule is Cc1cccc(C(=O)Nc2ccc(S(=O)(=O)NC(C)C(C)(C)CO)cc2C)c1. The molecule has 1 amide bonds. The summed E-state index contributed by atoms with van der Waals surface area (Å²) in [6.45, 7) is 8.81. The van der Waals surface area contributed by atoms with E-state index in [1.54, 1.807) is 45.9 Å². The summed E-state index contributed by atoms with van der Waals surface area (Å²) in [4.78, 5) is 12.5. The van der Waals surface area contributed by atoms with Crippen molar-refractivity contribution in [1.82, 2.24) is 4.72 Å². The maximum Gasteiger partial charge on any atom is 0.255 e. The van der Waals surface area contributed by atoms with Crippen LogP contribution in [-0.4, -0.2) is 32.1 Å². The lowest BCUT2D eigenvalue weighted by atomic mass is 9.87. The third kappa shape index (κ3) is 5.19. The van der Waals surface area contributed by atoms with E-state index in [0.29, 0.717) is 16.8 Å². The summed E-state index contributed by atoms with van der Waals surface area (Å²) in [7, 11) is -3.75. The second-order valence-corrected chi connectivity index (χ2v) is 9.50. The minimum Gasteiger partial charge on any atom is -0.396 e. The fourth-order valence-corrected chi connectivity index (χ4v) is 4.02. The molecule has 3 N–H and O–H groups in total. The summed E-state index contributed by atoms with van der Waals surface area (Å²) in [6.07, 6.45) is 0. The average Bonchev–Trinajstić information content (AvgIpc) is 2.62. The molecule has 1 atom stereocenters. The molecule has 0 radical (unpaired) electrons. The number of carbonyl (C=O) groups is 1. The second-order valence-electron chi connectivity index (χ2n) is 7.79. The molecule has 0 aliphatic heterocycles. The normalized spacial score (nSPS) is 13.2. The number of anilines is 1. The lowest BCUT2D eigenvalue weighted by Crippen LogP contribution is -2.44. The number of carbonyl (C=O) groups excluding carboxylic acids is 1. The van der Waals surface area contributed by atoms with E-state index >= 15 is 0 Å². The van der Waals surface area contributed by atoms with Gasteiger partial charge in [-0.2, -0.15) is 0 Å². The predicted octanol–water partition coefficient (Wildman–Crippen LogP) is 3.24. The number of rotatable bonds is 7. The molecular formula is C21H28N2O4S. The molecule has 0 aliphatic carbocycles. The molecule has 6 nitrogen and oxygen atoms in total. The molecule has 0 fully saturated rings. The van der Waals surface area contributed by atoms with Gasteiger partial charge in [0.2, 0.25) is 10.0 Å². The zero-order chi connectivity index (χ0) is 21.1. The Kier molecular flexibility index (Phi) is 6.64. The Bertz CT molecular complexity index is 968. The van der Waals surface area contributed by atoms with Crippen LogP contribution in [0.5, 0.6) is 0 Å². The molecule has 0 heterocycles. The van der Waals surface area contributed by atoms with Crippen molar-refractivity contribution < 1.29 is 18.3 Å². The van der Waals surface area contributed by atoms with Crippen LogP contribution >= 0.6 is 0 Å². The Hall–Kier alpha value is -2.22. The van der Waals surface area contributed by atoms with Gasteiger partial charge in [0.1, 0.15) is 0 Å².